The van der Waals surface area contributed by atoms with Crippen molar-refractivity contribution in [2.75, 3.05) is 0 Å². The summed E-state index contributed by atoms with van der Waals surface area (Å²) < 4.78 is 5.47. The molecule has 0 unspecified atom stereocenters. The van der Waals surface area contributed by atoms with Crippen molar-refractivity contribution in [3.05, 3.63) is 0 Å². The summed E-state index contributed by atoms with van der Waals surface area (Å²) in [6.07, 6.45) is 0.760. The van der Waals surface area contributed by atoms with Gasteiger partial charge in [-0.1, -0.05) is 13.8 Å². The molecule has 0 rings (SSSR count). The fourth-order valence-electron chi connectivity index (χ4n) is 1.07. The van der Waals surface area contributed by atoms with Crippen LogP contribution >= 0.6 is 0 Å². The molecule has 0 aliphatic rings. The van der Waals surface area contributed by atoms with E-state index in [1.807, 2.05) is 13.8 Å². The molecule has 0 aromatic rings. The fourth-order valence-corrected chi connectivity index (χ4v) is 1.07. The molecule has 2 nitrogen and oxygen atoms in total. The average molecular weight is 172 g/mol. The zero-order valence-electron chi connectivity index (χ0n) is 8.76. The van der Waals surface area contributed by atoms with E-state index in [0.29, 0.717) is 5.92 Å². The van der Waals surface area contributed by atoms with Crippen molar-refractivity contribution in [3.8, 4) is 0 Å². The van der Waals surface area contributed by atoms with Crippen LogP contribution in [0.3, 0.4) is 0 Å². The molecule has 0 amide bonds. The molecule has 0 aliphatic heterocycles. The number of carbonyl (C=O) groups excluding carboxylic acids is 1. The van der Waals surface area contributed by atoms with E-state index in [-0.39, 0.29) is 18.0 Å². The highest BCUT2D eigenvalue weighted by Crippen LogP contribution is 2.11. The molecule has 0 saturated carbocycles. The first-order valence-electron chi connectivity index (χ1n) is 4.59. The van der Waals surface area contributed by atoms with Crippen LogP contribution in [0.2, 0.25) is 0 Å². The lowest BCUT2D eigenvalue weighted by molar-refractivity contribution is -0.132. The first-order chi connectivity index (χ1) is 5.43. The second kappa shape index (κ2) is 5.31. The monoisotopic (exact) mass is 172 g/mol. The van der Waals surface area contributed by atoms with Gasteiger partial charge in [-0.2, -0.15) is 0 Å². The maximum Gasteiger partial charge on any atom is 0.158 e. The van der Waals surface area contributed by atoms with E-state index in [4.69, 9.17) is 4.74 Å². The highest BCUT2D eigenvalue weighted by molar-refractivity contribution is 5.80. The van der Waals surface area contributed by atoms with Gasteiger partial charge in [0.1, 0.15) is 6.10 Å². The fraction of sp³-hybridized carbons (Fsp3) is 0.900. The van der Waals surface area contributed by atoms with Gasteiger partial charge in [0.25, 0.3) is 0 Å². The van der Waals surface area contributed by atoms with Crippen LogP contribution in [0.1, 0.15) is 41.0 Å². The Balaban J connectivity index is 3.96. The SMILES string of the molecule is CC(=O)[C@H](CC(C)C)OC(C)C. The van der Waals surface area contributed by atoms with Gasteiger partial charge in [-0.3, -0.25) is 4.79 Å². The second-order valence-corrected chi connectivity index (χ2v) is 3.91. The lowest BCUT2D eigenvalue weighted by Crippen LogP contribution is -2.26. The number of hydrogen-bond acceptors (Lipinski definition) is 2. The molecule has 0 fully saturated rings. The average Bonchev–Trinajstić information content (AvgIpc) is 1.83. The third kappa shape index (κ3) is 5.30. The standard InChI is InChI=1S/C10H20O2/c1-7(2)6-10(9(5)11)12-8(3)4/h7-8,10H,6H2,1-5H3/t10-/m0/s1. The Labute approximate surface area is 75.3 Å². The van der Waals surface area contributed by atoms with Crippen molar-refractivity contribution in [2.45, 2.75) is 53.2 Å². The summed E-state index contributed by atoms with van der Waals surface area (Å²) in [7, 11) is 0. The van der Waals surface area contributed by atoms with Crippen molar-refractivity contribution in [1.82, 2.24) is 0 Å². The summed E-state index contributed by atoms with van der Waals surface area (Å²) in [5, 5.41) is 0. The van der Waals surface area contributed by atoms with Crippen LogP contribution in [0.15, 0.2) is 0 Å². The maximum absolute atomic E-state index is 11.1. The predicted octanol–water partition coefficient (Wildman–Crippen LogP) is 2.42. The number of carbonyl (C=O) groups is 1. The van der Waals surface area contributed by atoms with Crippen LogP contribution in [0.25, 0.3) is 0 Å². The summed E-state index contributed by atoms with van der Waals surface area (Å²) in [5.74, 6) is 0.648. The second-order valence-electron chi connectivity index (χ2n) is 3.91. The third-order valence-corrected chi connectivity index (χ3v) is 1.58. The van der Waals surface area contributed by atoms with Crippen molar-refractivity contribution in [2.24, 2.45) is 5.92 Å². The number of ether oxygens (including phenoxy) is 1. The van der Waals surface area contributed by atoms with E-state index in [2.05, 4.69) is 13.8 Å². The Morgan fingerprint density at radius 1 is 1.25 bits per heavy atom. The Bertz CT molecular complexity index is 129. The summed E-state index contributed by atoms with van der Waals surface area (Å²) in [6.45, 7) is 9.70. The lowest BCUT2D eigenvalue weighted by atomic mass is 10.0. The van der Waals surface area contributed by atoms with Gasteiger partial charge in [0, 0.05) is 0 Å². The quantitative estimate of drug-likeness (QED) is 0.636. The van der Waals surface area contributed by atoms with E-state index in [9.17, 15) is 4.79 Å². The Morgan fingerprint density at radius 2 is 1.75 bits per heavy atom. The number of Topliss-reactive ketones (excluding diaryl/α,β-unsaturated/α-hetero) is 1. The minimum Gasteiger partial charge on any atom is -0.368 e. The zero-order chi connectivity index (χ0) is 9.72. The molecule has 0 aliphatic carbocycles. The minimum atomic E-state index is -0.204. The maximum atomic E-state index is 11.1. The van der Waals surface area contributed by atoms with Crippen LogP contribution in [0.5, 0.6) is 0 Å². The first-order valence-corrected chi connectivity index (χ1v) is 4.59. The summed E-state index contributed by atoms with van der Waals surface area (Å²) in [5.41, 5.74) is 0. The van der Waals surface area contributed by atoms with Gasteiger partial charge >= 0.3 is 0 Å². The van der Waals surface area contributed by atoms with Gasteiger partial charge < -0.3 is 4.74 Å². The molecule has 0 spiro atoms. The van der Waals surface area contributed by atoms with Crippen molar-refractivity contribution < 1.29 is 9.53 Å². The summed E-state index contributed by atoms with van der Waals surface area (Å²) in [6, 6.07) is 0. The highest BCUT2D eigenvalue weighted by atomic mass is 16.5. The highest BCUT2D eigenvalue weighted by Gasteiger charge is 2.17. The zero-order valence-corrected chi connectivity index (χ0v) is 8.76. The van der Waals surface area contributed by atoms with E-state index in [1.165, 1.54) is 0 Å². The summed E-state index contributed by atoms with van der Waals surface area (Å²) in [4.78, 5) is 11.1. The van der Waals surface area contributed by atoms with Gasteiger partial charge in [-0.05, 0) is 33.1 Å². The molecule has 0 heterocycles. The van der Waals surface area contributed by atoms with Crippen LogP contribution in [0, 0.1) is 5.92 Å². The smallest absolute Gasteiger partial charge is 0.158 e. The molecule has 0 aromatic carbocycles. The lowest BCUT2D eigenvalue weighted by Gasteiger charge is -2.19. The van der Waals surface area contributed by atoms with Gasteiger partial charge in [0.2, 0.25) is 0 Å². The van der Waals surface area contributed by atoms with E-state index >= 15 is 0 Å². The van der Waals surface area contributed by atoms with Gasteiger partial charge in [0.15, 0.2) is 5.78 Å². The molecular weight excluding hydrogens is 152 g/mol. The Morgan fingerprint density at radius 3 is 2.00 bits per heavy atom. The topological polar surface area (TPSA) is 26.3 Å². The molecule has 0 radical (unpaired) electrons. The van der Waals surface area contributed by atoms with Crippen molar-refractivity contribution >= 4 is 5.78 Å². The van der Waals surface area contributed by atoms with Gasteiger partial charge in [0.05, 0.1) is 6.10 Å². The third-order valence-electron chi connectivity index (χ3n) is 1.58. The molecular formula is C10H20O2. The molecule has 0 saturated heterocycles. The molecule has 0 N–H and O–H groups in total. The summed E-state index contributed by atoms with van der Waals surface area (Å²) >= 11 is 0. The van der Waals surface area contributed by atoms with Crippen LogP contribution in [-0.2, 0) is 9.53 Å². The molecule has 12 heavy (non-hydrogen) atoms. The molecule has 2 heteroatoms. The van der Waals surface area contributed by atoms with Crippen molar-refractivity contribution in [1.29, 1.82) is 0 Å². The van der Waals surface area contributed by atoms with E-state index in [1.54, 1.807) is 6.92 Å². The van der Waals surface area contributed by atoms with Crippen LogP contribution in [0.4, 0.5) is 0 Å². The van der Waals surface area contributed by atoms with Gasteiger partial charge in [-0.15, -0.1) is 0 Å². The molecule has 0 bridgehead atoms. The molecule has 0 aromatic heterocycles. The normalized spacial score (nSPS) is 13.9. The molecule has 72 valence electrons. The Kier molecular flexibility index (Phi) is 5.14. The van der Waals surface area contributed by atoms with Crippen LogP contribution in [-0.4, -0.2) is 18.0 Å². The van der Waals surface area contributed by atoms with E-state index < -0.39 is 0 Å². The largest absolute Gasteiger partial charge is 0.368 e. The first kappa shape index (κ1) is 11.6. The van der Waals surface area contributed by atoms with Crippen molar-refractivity contribution in [3.63, 3.8) is 0 Å². The number of rotatable bonds is 5. The van der Waals surface area contributed by atoms with E-state index in [0.717, 1.165) is 6.42 Å². The predicted molar refractivity (Wildman–Crippen MR) is 50.1 cm³/mol. The molecule has 1 atom stereocenters. The Hall–Kier alpha value is -0.370. The van der Waals surface area contributed by atoms with Crippen LogP contribution < -0.4 is 0 Å². The number of hydrogen-bond donors (Lipinski definition) is 0. The number of ketones is 1. The minimum absolute atomic E-state index is 0.136. The van der Waals surface area contributed by atoms with Gasteiger partial charge in [-0.25, -0.2) is 0 Å².